The molecule has 0 N–H and O–H groups in total. The Morgan fingerprint density at radius 3 is 1.27 bits per heavy atom. The van der Waals surface area contributed by atoms with Crippen LogP contribution in [-0.2, 0) is 10.8 Å². The van der Waals surface area contributed by atoms with Gasteiger partial charge in [0.05, 0.1) is 0 Å². The molecule has 22 heavy (non-hydrogen) atoms. The van der Waals surface area contributed by atoms with Crippen LogP contribution in [0.5, 0.6) is 0 Å². The van der Waals surface area contributed by atoms with Crippen LogP contribution in [0, 0.1) is 6.42 Å². The van der Waals surface area contributed by atoms with E-state index in [2.05, 4.69) is 84.4 Å². The maximum atomic E-state index is 2.38. The molecule has 0 fully saturated rings. The molecule has 0 aliphatic heterocycles. The van der Waals surface area contributed by atoms with Crippen LogP contribution in [0.1, 0.15) is 63.8 Å². The van der Waals surface area contributed by atoms with Gasteiger partial charge in [0.25, 0.3) is 0 Å². The van der Waals surface area contributed by atoms with Gasteiger partial charge in [0.15, 0.2) is 0 Å². The molecule has 1 aliphatic rings. The Kier molecular flexibility index (Phi) is 4.42. The topological polar surface area (TPSA) is 0 Å². The fourth-order valence-electron chi connectivity index (χ4n) is 2.93. The van der Waals surface area contributed by atoms with E-state index in [1.54, 1.807) is 0 Å². The van der Waals surface area contributed by atoms with Gasteiger partial charge in [-0.3, -0.25) is 0 Å². The predicted molar refractivity (Wildman–Crippen MR) is 98.9 cm³/mol. The zero-order valence-electron chi connectivity index (χ0n) is 14.0. The van der Waals surface area contributed by atoms with E-state index < -0.39 is 0 Å². The van der Waals surface area contributed by atoms with Crippen LogP contribution >= 0.6 is 0 Å². The molecule has 0 atom stereocenters. The normalized spacial score (nSPS) is 13.4. The van der Waals surface area contributed by atoms with Gasteiger partial charge in [-0.15, -0.1) is 0 Å². The third-order valence-corrected chi connectivity index (χ3v) is 4.44. The minimum absolute atomic E-state index is 0. The van der Waals surface area contributed by atoms with E-state index in [1.807, 2.05) is 0 Å². The summed E-state index contributed by atoms with van der Waals surface area (Å²) in [5.74, 6) is 0. The molecule has 0 unspecified atom stereocenters. The van der Waals surface area contributed by atoms with Gasteiger partial charge < -0.3 is 0 Å². The van der Waals surface area contributed by atoms with Gasteiger partial charge >= 0.3 is 18.9 Å². The molecular weight excluding hydrogens is 259 g/mol. The van der Waals surface area contributed by atoms with E-state index in [4.69, 9.17) is 0 Å². The molecule has 0 nitrogen and oxygen atoms in total. The van der Waals surface area contributed by atoms with E-state index in [-0.39, 0.29) is 29.7 Å². The SMILES string of the molecule is CC(C)(C)c1ccc2c(c1)-c1cc(C(C)(C)C)ccc1[CH]2.[LiH]. The van der Waals surface area contributed by atoms with Crippen molar-refractivity contribution < 1.29 is 0 Å². The summed E-state index contributed by atoms with van der Waals surface area (Å²) in [6.45, 7) is 13.7. The van der Waals surface area contributed by atoms with E-state index >= 15 is 0 Å². The van der Waals surface area contributed by atoms with Gasteiger partial charge in [-0.1, -0.05) is 77.9 Å². The van der Waals surface area contributed by atoms with E-state index in [1.165, 1.54) is 33.4 Å². The number of hydrogen-bond acceptors (Lipinski definition) is 0. The quantitative estimate of drug-likeness (QED) is 0.497. The number of rotatable bonds is 0. The molecule has 0 aromatic heterocycles. The second-order valence-corrected chi connectivity index (χ2v) is 8.25. The standard InChI is InChI=1S/C21H25.Li.H/c1-20(2,3)16-9-7-14-11-15-8-10-17(21(4,5)6)13-19(15)18(14)12-16;;/h7-13H,1-6H3;;. The average Bonchev–Trinajstić information content (AvgIpc) is 2.73. The van der Waals surface area contributed by atoms with Crippen molar-refractivity contribution in [1.29, 1.82) is 0 Å². The van der Waals surface area contributed by atoms with Gasteiger partial charge in [0.2, 0.25) is 0 Å². The Labute approximate surface area is 147 Å². The summed E-state index contributed by atoms with van der Waals surface area (Å²) in [7, 11) is 0. The molecule has 0 heterocycles. The minimum atomic E-state index is 0. The van der Waals surface area contributed by atoms with Gasteiger partial charge in [-0.25, -0.2) is 0 Å². The third kappa shape index (κ3) is 3.05. The maximum absolute atomic E-state index is 2.38. The zero-order valence-corrected chi connectivity index (χ0v) is 14.0. The monoisotopic (exact) mass is 285 g/mol. The van der Waals surface area contributed by atoms with E-state index in [0.717, 1.165) is 0 Å². The molecule has 0 spiro atoms. The summed E-state index contributed by atoms with van der Waals surface area (Å²) in [5, 5.41) is 0. The van der Waals surface area contributed by atoms with Crippen LogP contribution in [0.25, 0.3) is 11.1 Å². The first kappa shape index (κ1) is 17.4. The number of fused-ring (bicyclic) bond motifs is 3. The van der Waals surface area contributed by atoms with Crippen molar-refractivity contribution >= 4 is 18.9 Å². The van der Waals surface area contributed by atoms with Crippen LogP contribution in [-0.4, -0.2) is 18.9 Å². The summed E-state index contributed by atoms with van der Waals surface area (Å²) >= 11 is 0. The molecule has 0 amide bonds. The van der Waals surface area contributed by atoms with Crippen LogP contribution < -0.4 is 0 Å². The molecular formula is C21H26Li. The van der Waals surface area contributed by atoms with Gasteiger partial charge in [0.1, 0.15) is 0 Å². The Morgan fingerprint density at radius 2 is 0.955 bits per heavy atom. The van der Waals surface area contributed by atoms with E-state index in [9.17, 15) is 0 Å². The summed E-state index contributed by atoms with van der Waals surface area (Å²) in [6, 6.07) is 13.8. The van der Waals surface area contributed by atoms with Crippen molar-refractivity contribution in [3.63, 3.8) is 0 Å². The molecule has 111 valence electrons. The zero-order chi connectivity index (χ0) is 15.4. The molecule has 1 radical (unpaired) electrons. The Bertz CT molecular complexity index is 635. The van der Waals surface area contributed by atoms with Crippen LogP contribution in [0.4, 0.5) is 0 Å². The van der Waals surface area contributed by atoms with Crippen molar-refractivity contribution in [1.82, 2.24) is 0 Å². The molecule has 1 aliphatic carbocycles. The summed E-state index contributed by atoms with van der Waals surface area (Å²) in [6.07, 6.45) is 2.31. The van der Waals surface area contributed by atoms with Crippen molar-refractivity contribution in [2.75, 3.05) is 0 Å². The van der Waals surface area contributed by atoms with Gasteiger partial charge in [-0.05, 0) is 44.2 Å². The summed E-state index contributed by atoms with van der Waals surface area (Å²) in [4.78, 5) is 0. The molecule has 0 saturated carbocycles. The fourth-order valence-corrected chi connectivity index (χ4v) is 2.93. The Hall–Kier alpha value is -0.963. The molecule has 0 bridgehead atoms. The number of hydrogen-bond donors (Lipinski definition) is 0. The first-order valence-electron chi connectivity index (χ1n) is 7.80. The second kappa shape index (κ2) is 5.59. The van der Waals surface area contributed by atoms with Gasteiger partial charge in [-0.2, -0.15) is 0 Å². The predicted octanol–water partition coefficient (Wildman–Crippen LogP) is 5.21. The molecule has 3 rings (SSSR count). The third-order valence-electron chi connectivity index (χ3n) is 4.44. The molecule has 2 aromatic rings. The molecule has 1 heteroatoms. The van der Waals surface area contributed by atoms with Gasteiger partial charge in [0, 0.05) is 6.42 Å². The summed E-state index contributed by atoms with van der Waals surface area (Å²) < 4.78 is 0. The van der Waals surface area contributed by atoms with Crippen LogP contribution in [0.2, 0.25) is 0 Å². The first-order chi connectivity index (χ1) is 9.66. The number of benzene rings is 2. The van der Waals surface area contributed by atoms with Crippen LogP contribution in [0.15, 0.2) is 36.4 Å². The van der Waals surface area contributed by atoms with Crippen molar-refractivity contribution in [3.8, 4) is 11.1 Å². The molecule has 2 aromatic carbocycles. The second-order valence-electron chi connectivity index (χ2n) is 8.25. The van der Waals surface area contributed by atoms with Crippen LogP contribution in [0.3, 0.4) is 0 Å². The Balaban J connectivity index is 0.00000176. The van der Waals surface area contributed by atoms with Crippen molar-refractivity contribution in [2.24, 2.45) is 0 Å². The summed E-state index contributed by atoms with van der Waals surface area (Å²) in [5.41, 5.74) is 8.69. The Morgan fingerprint density at radius 1 is 0.591 bits per heavy atom. The molecule has 0 saturated heterocycles. The fraction of sp³-hybridized carbons (Fsp3) is 0.381. The first-order valence-corrected chi connectivity index (χ1v) is 7.80. The van der Waals surface area contributed by atoms with Crippen molar-refractivity contribution in [2.45, 2.75) is 52.4 Å². The van der Waals surface area contributed by atoms with Crippen molar-refractivity contribution in [3.05, 3.63) is 65.1 Å². The van der Waals surface area contributed by atoms with E-state index in [0.29, 0.717) is 0 Å². The average molecular weight is 285 g/mol.